The molecular formula is C27H35N3O6. The van der Waals surface area contributed by atoms with E-state index in [9.17, 15) is 29.1 Å². The molecule has 3 aliphatic carbocycles. The third-order valence-corrected chi connectivity index (χ3v) is 7.73. The van der Waals surface area contributed by atoms with E-state index in [-0.39, 0.29) is 29.1 Å². The standard InChI is InChI=1S/C27H35N3O6/c1-27(2,3)11-29-10-14-8-16(30(4)5)15-7-12-6-13-9-17(31)21(26(28)36)25(35)19(13)23(33)18(12)24(34)20(15)22(14)32/h8,12-13,18-19,21,29,32H,6-7,9-11H2,1-5H3,(H2,28,36). The number of benzene rings is 1. The number of nitrogens with one attached hydrogen (secondary N) is 1. The number of nitrogens with two attached hydrogens (primary N) is 1. The van der Waals surface area contributed by atoms with Crippen molar-refractivity contribution in [1.29, 1.82) is 0 Å². The number of primary amides is 1. The van der Waals surface area contributed by atoms with Crippen molar-refractivity contribution in [3.05, 3.63) is 22.8 Å². The number of phenolic OH excluding ortho intramolecular Hbond substituents is 1. The number of rotatable bonds is 5. The minimum absolute atomic E-state index is 0.0268. The lowest BCUT2D eigenvalue weighted by Crippen LogP contribution is -2.56. The van der Waals surface area contributed by atoms with Gasteiger partial charge in [-0.15, -0.1) is 0 Å². The van der Waals surface area contributed by atoms with E-state index in [1.807, 2.05) is 25.1 Å². The van der Waals surface area contributed by atoms with E-state index >= 15 is 0 Å². The Bertz CT molecular complexity index is 1170. The van der Waals surface area contributed by atoms with Gasteiger partial charge >= 0.3 is 0 Å². The van der Waals surface area contributed by atoms with Crippen molar-refractivity contribution in [2.24, 2.45) is 40.7 Å². The number of Topliss-reactive ketones (excluding diaryl/α,β-unsaturated/α-hetero) is 4. The first-order valence-corrected chi connectivity index (χ1v) is 12.4. The lowest BCUT2D eigenvalue weighted by atomic mass is 9.56. The number of aromatic hydroxyl groups is 1. The molecule has 5 unspecified atom stereocenters. The first-order chi connectivity index (χ1) is 16.7. The molecule has 5 atom stereocenters. The number of fused-ring (bicyclic) bond motifs is 3. The fraction of sp³-hybridized carbons (Fsp3) is 0.593. The molecule has 1 amide bonds. The van der Waals surface area contributed by atoms with Crippen LogP contribution < -0.4 is 16.0 Å². The molecule has 0 heterocycles. The van der Waals surface area contributed by atoms with Crippen molar-refractivity contribution in [2.75, 3.05) is 25.5 Å². The van der Waals surface area contributed by atoms with Crippen molar-refractivity contribution in [2.45, 2.75) is 46.6 Å². The summed E-state index contributed by atoms with van der Waals surface area (Å²) in [6, 6.07) is 1.87. The Morgan fingerprint density at radius 3 is 2.31 bits per heavy atom. The highest BCUT2D eigenvalue weighted by Gasteiger charge is 2.57. The van der Waals surface area contributed by atoms with Crippen LogP contribution in [-0.2, 0) is 32.1 Å². The minimum atomic E-state index is -1.63. The number of anilines is 1. The van der Waals surface area contributed by atoms with Crippen molar-refractivity contribution >= 4 is 34.7 Å². The maximum absolute atomic E-state index is 13.8. The van der Waals surface area contributed by atoms with Gasteiger partial charge in [0.1, 0.15) is 5.75 Å². The number of hydrogen-bond acceptors (Lipinski definition) is 8. The average molecular weight is 498 g/mol. The van der Waals surface area contributed by atoms with Crippen molar-refractivity contribution < 1.29 is 29.1 Å². The predicted molar refractivity (Wildman–Crippen MR) is 133 cm³/mol. The van der Waals surface area contributed by atoms with Crippen LogP contribution in [-0.4, -0.2) is 54.8 Å². The van der Waals surface area contributed by atoms with Crippen LogP contribution in [0.5, 0.6) is 5.75 Å². The van der Waals surface area contributed by atoms with Crippen LogP contribution >= 0.6 is 0 Å². The summed E-state index contributed by atoms with van der Waals surface area (Å²) >= 11 is 0. The SMILES string of the molecule is CN(C)c1cc(CNCC(C)(C)C)c(O)c2c1CC1CC3CC(=O)C(C(N)=O)C(=O)C3C(=O)C1C2=O. The third kappa shape index (κ3) is 4.34. The highest BCUT2D eigenvalue weighted by atomic mass is 16.3. The van der Waals surface area contributed by atoms with Gasteiger partial charge in [-0.2, -0.15) is 0 Å². The molecule has 1 aromatic carbocycles. The van der Waals surface area contributed by atoms with Crippen LogP contribution in [0.3, 0.4) is 0 Å². The second kappa shape index (κ2) is 9.10. The number of ketones is 4. The monoisotopic (exact) mass is 497 g/mol. The minimum Gasteiger partial charge on any atom is -0.507 e. The van der Waals surface area contributed by atoms with Gasteiger partial charge in [0.05, 0.1) is 17.4 Å². The Balaban J connectivity index is 1.73. The largest absolute Gasteiger partial charge is 0.507 e. The summed E-state index contributed by atoms with van der Waals surface area (Å²) < 4.78 is 0. The summed E-state index contributed by atoms with van der Waals surface area (Å²) in [7, 11) is 3.72. The van der Waals surface area contributed by atoms with Gasteiger partial charge in [-0.1, -0.05) is 20.8 Å². The molecule has 0 aromatic heterocycles. The van der Waals surface area contributed by atoms with E-state index in [1.54, 1.807) is 0 Å². The Hall–Kier alpha value is -3.07. The fourth-order valence-corrected chi connectivity index (χ4v) is 6.20. The molecule has 9 nitrogen and oxygen atoms in total. The molecule has 0 radical (unpaired) electrons. The van der Waals surface area contributed by atoms with Crippen LogP contribution in [0.1, 0.15) is 55.1 Å². The van der Waals surface area contributed by atoms with Crippen molar-refractivity contribution in [1.82, 2.24) is 5.32 Å². The summed E-state index contributed by atoms with van der Waals surface area (Å²) in [5.74, 6) is -8.44. The Morgan fingerprint density at radius 1 is 1.08 bits per heavy atom. The molecule has 9 heteroatoms. The van der Waals surface area contributed by atoms with E-state index in [4.69, 9.17) is 5.73 Å². The number of carbonyl (C=O) groups is 5. The zero-order valence-corrected chi connectivity index (χ0v) is 21.5. The molecule has 1 aromatic rings. The van der Waals surface area contributed by atoms with Gasteiger partial charge in [-0.25, -0.2) is 0 Å². The summed E-state index contributed by atoms with van der Waals surface area (Å²) in [5.41, 5.74) is 7.47. The fourth-order valence-electron chi connectivity index (χ4n) is 6.20. The highest BCUT2D eigenvalue weighted by Crippen LogP contribution is 2.50. The van der Waals surface area contributed by atoms with E-state index in [1.165, 1.54) is 0 Å². The first-order valence-electron chi connectivity index (χ1n) is 12.4. The molecule has 0 bridgehead atoms. The molecule has 4 N–H and O–H groups in total. The number of hydrogen-bond donors (Lipinski definition) is 3. The molecular weight excluding hydrogens is 462 g/mol. The van der Waals surface area contributed by atoms with Gasteiger partial charge in [-0.05, 0) is 41.7 Å². The van der Waals surface area contributed by atoms with Crippen LogP contribution in [0, 0.1) is 35.0 Å². The summed E-state index contributed by atoms with van der Waals surface area (Å²) in [6.07, 6.45) is 0.640. The molecule has 2 fully saturated rings. The van der Waals surface area contributed by atoms with Crippen LogP contribution in [0.15, 0.2) is 6.07 Å². The summed E-state index contributed by atoms with van der Waals surface area (Å²) in [4.78, 5) is 66.5. The Kier molecular flexibility index (Phi) is 6.58. The van der Waals surface area contributed by atoms with Crippen LogP contribution in [0.2, 0.25) is 0 Å². The quantitative estimate of drug-likeness (QED) is 0.518. The van der Waals surface area contributed by atoms with Crippen molar-refractivity contribution in [3.63, 3.8) is 0 Å². The van der Waals surface area contributed by atoms with E-state index in [0.717, 1.165) is 5.69 Å². The molecule has 0 saturated heterocycles. The molecule has 3 aliphatic rings. The molecule has 0 aliphatic heterocycles. The number of nitrogens with zero attached hydrogens (tertiary/aromatic N) is 1. The lowest BCUT2D eigenvalue weighted by Gasteiger charge is -2.44. The molecule has 2 saturated carbocycles. The van der Waals surface area contributed by atoms with Gasteiger partial charge in [0, 0.05) is 44.9 Å². The van der Waals surface area contributed by atoms with E-state index in [0.29, 0.717) is 37.1 Å². The van der Waals surface area contributed by atoms with Gasteiger partial charge in [0.15, 0.2) is 29.1 Å². The number of phenols is 1. The highest BCUT2D eigenvalue weighted by molar-refractivity contribution is 6.27. The zero-order chi connectivity index (χ0) is 26.7. The second-order valence-electron chi connectivity index (χ2n) is 11.9. The third-order valence-electron chi connectivity index (χ3n) is 7.73. The predicted octanol–water partition coefficient (Wildman–Crippen LogP) is 1.41. The van der Waals surface area contributed by atoms with E-state index < -0.39 is 52.7 Å². The van der Waals surface area contributed by atoms with Gasteiger partial charge in [0.2, 0.25) is 5.91 Å². The van der Waals surface area contributed by atoms with Gasteiger partial charge in [-0.3, -0.25) is 24.0 Å². The summed E-state index contributed by atoms with van der Waals surface area (Å²) in [5, 5.41) is 14.5. The Morgan fingerprint density at radius 2 is 1.72 bits per heavy atom. The molecule has 4 rings (SSSR count). The topological polar surface area (TPSA) is 147 Å². The average Bonchev–Trinajstić information content (AvgIpc) is 2.73. The zero-order valence-electron chi connectivity index (χ0n) is 21.5. The van der Waals surface area contributed by atoms with E-state index in [2.05, 4.69) is 26.1 Å². The molecule has 194 valence electrons. The first kappa shape index (κ1) is 26.0. The maximum Gasteiger partial charge on any atom is 0.235 e. The summed E-state index contributed by atoms with van der Waals surface area (Å²) in [6.45, 7) is 7.31. The van der Waals surface area contributed by atoms with Crippen LogP contribution in [0.4, 0.5) is 5.69 Å². The van der Waals surface area contributed by atoms with Gasteiger partial charge < -0.3 is 21.1 Å². The lowest BCUT2D eigenvalue weighted by molar-refractivity contribution is -0.152. The molecule has 0 spiro atoms. The smallest absolute Gasteiger partial charge is 0.235 e. The van der Waals surface area contributed by atoms with Gasteiger partial charge in [0.25, 0.3) is 0 Å². The Labute approximate surface area is 210 Å². The number of amides is 1. The number of carbonyl (C=O) groups excluding carboxylic acids is 5. The maximum atomic E-state index is 13.8. The normalized spacial score (nSPS) is 27.9. The van der Waals surface area contributed by atoms with Crippen LogP contribution in [0.25, 0.3) is 0 Å². The molecule has 36 heavy (non-hydrogen) atoms. The second-order valence-corrected chi connectivity index (χ2v) is 11.9. The van der Waals surface area contributed by atoms with Crippen molar-refractivity contribution in [3.8, 4) is 5.75 Å².